The molecule has 1 heterocycles. The summed E-state index contributed by atoms with van der Waals surface area (Å²) in [6.07, 6.45) is 0. The van der Waals surface area contributed by atoms with Gasteiger partial charge >= 0.3 is 0 Å². The lowest BCUT2D eigenvalue weighted by Gasteiger charge is -2.33. The molecule has 1 fully saturated rings. The highest BCUT2D eigenvalue weighted by atomic mass is 35.5. The summed E-state index contributed by atoms with van der Waals surface area (Å²) < 4.78 is 0. The standard InChI is InChI=1S/C10H11Cl2N3O/c11-9-2-1-8(7-10(9)12)14-3-5-15(13-16)6-4-14/h1-2,7H,3-6H2. The molecular weight excluding hydrogens is 249 g/mol. The zero-order valence-electron chi connectivity index (χ0n) is 8.57. The largest absolute Gasteiger partial charge is 0.368 e. The fourth-order valence-corrected chi connectivity index (χ4v) is 2.01. The summed E-state index contributed by atoms with van der Waals surface area (Å²) in [5, 5.41) is 5.54. The van der Waals surface area contributed by atoms with E-state index in [1.54, 1.807) is 6.07 Å². The third-order valence-electron chi connectivity index (χ3n) is 2.64. The maximum Gasteiger partial charge on any atom is 0.0612 e. The van der Waals surface area contributed by atoms with Crippen molar-refractivity contribution in [3.8, 4) is 0 Å². The topological polar surface area (TPSA) is 35.9 Å². The van der Waals surface area contributed by atoms with Crippen molar-refractivity contribution in [2.24, 2.45) is 5.29 Å². The summed E-state index contributed by atoms with van der Waals surface area (Å²) in [6.45, 7) is 2.82. The molecule has 1 aliphatic heterocycles. The summed E-state index contributed by atoms with van der Waals surface area (Å²) in [5.74, 6) is 0. The molecule has 0 amide bonds. The van der Waals surface area contributed by atoms with Crippen molar-refractivity contribution < 1.29 is 0 Å². The van der Waals surface area contributed by atoms with Gasteiger partial charge in [-0.05, 0) is 18.2 Å². The first kappa shape index (κ1) is 11.5. The Kier molecular flexibility index (Phi) is 3.51. The van der Waals surface area contributed by atoms with Gasteiger partial charge in [0.1, 0.15) is 0 Å². The highest BCUT2D eigenvalue weighted by Crippen LogP contribution is 2.27. The molecular formula is C10H11Cl2N3O. The fraction of sp³-hybridized carbons (Fsp3) is 0.400. The van der Waals surface area contributed by atoms with E-state index < -0.39 is 0 Å². The molecule has 86 valence electrons. The number of nitroso groups, excluding NO2 is 1. The number of halogens is 2. The second-order valence-corrected chi connectivity index (χ2v) is 4.44. The van der Waals surface area contributed by atoms with E-state index in [0.717, 1.165) is 18.8 Å². The quantitative estimate of drug-likeness (QED) is 0.767. The van der Waals surface area contributed by atoms with Crippen molar-refractivity contribution in [2.45, 2.75) is 0 Å². The van der Waals surface area contributed by atoms with E-state index in [2.05, 4.69) is 10.2 Å². The summed E-state index contributed by atoms with van der Waals surface area (Å²) in [6, 6.07) is 5.55. The van der Waals surface area contributed by atoms with Crippen LogP contribution in [0, 0.1) is 4.91 Å². The van der Waals surface area contributed by atoms with Gasteiger partial charge in [0.25, 0.3) is 0 Å². The lowest BCUT2D eigenvalue weighted by atomic mass is 10.2. The highest BCUT2D eigenvalue weighted by molar-refractivity contribution is 6.42. The molecule has 0 radical (unpaired) electrons. The third-order valence-corrected chi connectivity index (χ3v) is 3.38. The molecule has 4 nitrogen and oxygen atoms in total. The van der Waals surface area contributed by atoms with E-state index in [4.69, 9.17) is 23.2 Å². The first-order valence-electron chi connectivity index (χ1n) is 4.99. The number of benzene rings is 1. The lowest BCUT2D eigenvalue weighted by molar-refractivity contribution is 0.267. The van der Waals surface area contributed by atoms with Crippen LogP contribution < -0.4 is 4.90 Å². The predicted molar refractivity (Wildman–Crippen MR) is 66.0 cm³/mol. The Morgan fingerprint density at radius 3 is 2.31 bits per heavy atom. The third kappa shape index (κ3) is 2.39. The summed E-state index contributed by atoms with van der Waals surface area (Å²) in [7, 11) is 0. The van der Waals surface area contributed by atoms with Crippen molar-refractivity contribution in [1.82, 2.24) is 5.01 Å². The van der Waals surface area contributed by atoms with Crippen LogP contribution in [-0.2, 0) is 0 Å². The maximum atomic E-state index is 10.3. The van der Waals surface area contributed by atoms with Crippen molar-refractivity contribution >= 4 is 28.9 Å². The molecule has 1 aromatic rings. The van der Waals surface area contributed by atoms with Crippen molar-refractivity contribution in [2.75, 3.05) is 31.1 Å². The maximum absolute atomic E-state index is 10.3. The van der Waals surface area contributed by atoms with Crippen LogP contribution in [0.1, 0.15) is 0 Å². The molecule has 0 aliphatic carbocycles. The molecule has 1 saturated heterocycles. The molecule has 0 atom stereocenters. The minimum Gasteiger partial charge on any atom is -0.368 e. The van der Waals surface area contributed by atoms with Crippen molar-refractivity contribution in [3.05, 3.63) is 33.2 Å². The second-order valence-electron chi connectivity index (χ2n) is 3.62. The van der Waals surface area contributed by atoms with Crippen LogP contribution in [0.15, 0.2) is 23.5 Å². The Bertz CT molecular complexity index is 392. The average Bonchev–Trinajstić information content (AvgIpc) is 2.33. The molecule has 1 aliphatic rings. The monoisotopic (exact) mass is 259 g/mol. The van der Waals surface area contributed by atoms with Crippen molar-refractivity contribution in [3.63, 3.8) is 0 Å². The van der Waals surface area contributed by atoms with Gasteiger partial charge in [-0.15, -0.1) is 4.91 Å². The van der Waals surface area contributed by atoms with Gasteiger partial charge in [0, 0.05) is 18.8 Å². The zero-order valence-corrected chi connectivity index (χ0v) is 10.1. The van der Waals surface area contributed by atoms with Crippen LogP contribution in [0.4, 0.5) is 5.69 Å². The van der Waals surface area contributed by atoms with E-state index in [1.165, 1.54) is 5.01 Å². The number of anilines is 1. The van der Waals surface area contributed by atoms with Crippen LogP contribution in [0.5, 0.6) is 0 Å². The molecule has 0 saturated carbocycles. The van der Waals surface area contributed by atoms with Crippen LogP contribution in [0.3, 0.4) is 0 Å². The molecule has 2 rings (SSSR count). The van der Waals surface area contributed by atoms with Gasteiger partial charge in [-0.25, -0.2) is 0 Å². The van der Waals surface area contributed by atoms with E-state index in [-0.39, 0.29) is 0 Å². The molecule has 16 heavy (non-hydrogen) atoms. The Morgan fingerprint density at radius 1 is 1.06 bits per heavy atom. The van der Waals surface area contributed by atoms with Gasteiger partial charge < -0.3 is 4.90 Å². The number of piperazine rings is 1. The van der Waals surface area contributed by atoms with Gasteiger partial charge in [0.2, 0.25) is 0 Å². The van der Waals surface area contributed by atoms with Gasteiger partial charge in [0.15, 0.2) is 0 Å². The first-order chi connectivity index (χ1) is 7.70. The predicted octanol–water partition coefficient (Wildman–Crippen LogP) is 2.80. The van der Waals surface area contributed by atoms with Crippen LogP contribution in [0.25, 0.3) is 0 Å². The zero-order chi connectivity index (χ0) is 11.5. The molecule has 0 aromatic heterocycles. The van der Waals surface area contributed by atoms with Crippen LogP contribution in [0.2, 0.25) is 10.0 Å². The number of hydrogen-bond donors (Lipinski definition) is 0. The SMILES string of the molecule is O=NN1CCN(c2ccc(Cl)c(Cl)c2)CC1. The number of rotatable bonds is 2. The first-order valence-corrected chi connectivity index (χ1v) is 5.74. The molecule has 6 heteroatoms. The Balaban J connectivity index is 2.08. The molecule has 0 spiro atoms. The Morgan fingerprint density at radius 2 is 1.75 bits per heavy atom. The average molecular weight is 260 g/mol. The normalized spacial score (nSPS) is 16.4. The Labute approximate surface area is 104 Å². The number of hydrogen-bond acceptors (Lipinski definition) is 3. The van der Waals surface area contributed by atoms with Crippen LogP contribution in [-0.4, -0.2) is 31.2 Å². The highest BCUT2D eigenvalue weighted by Gasteiger charge is 2.17. The minimum absolute atomic E-state index is 0.551. The van der Waals surface area contributed by atoms with Gasteiger partial charge in [0.05, 0.1) is 28.4 Å². The van der Waals surface area contributed by atoms with Crippen molar-refractivity contribution in [1.29, 1.82) is 0 Å². The van der Waals surface area contributed by atoms with E-state index >= 15 is 0 Å². The van der Waals surface area contributed by atoms with Gasteiger partial charge in [-0.2, -0.15) is 0 Å². The minimum atomic E-state index is 0.551. The van der Waals surface area contributed by atoms with Gasteiger partial charge in [-0.1, -0.05) is 23.2 Å². The number of nitrogens with zero attached hydrogens (tertiary/aromatic N) is 3. The summed E-state index contributed by atoms with van der Waals surface area (Å²) in [4.78, 5) is 12.5. The lowest BCUT2D eigenvalue weighted by Crippen LogP contribution is -2.43. The van der Waals surface area contributed by atoms with E-state index in [0.29, 0.717) is 23.1 Å². The fourth-order valence-electron chi connectivity index (χ4n) is 1.72. The smallest absolute Gasteiger partial charge is 0.0612 e. The van der Waals surface area contributed by atoms with Gasteiger partial charge in [-0.3, -0.25) is 5.01 Å². The molecule has 0 bridgehead atoms. The second kappa shape index (κ2) is 4.89. The summed E-state index contributed by atoms with van der Waals surface area (Å²) in [5.41, 5.74) is 1.03. The molecule has 0 unspecified atom stereocenters. The Hall–Kier alpha value is -1.000. The summed E-state index contributed by atoms with van der Waals surface area (Å²) >= 11 is 11.8. The van der Waals surface area contributed by atoms with Crippen LogP contribution >= 0.6 is 23.2 Å². The van der Waals surface area contributed by atoms with E-state index in [1.807, 2.05) is 12.1 Å². The molecule has 0 N–H and O–H groups in total. The van der Waals surface area contributed by atoms with E-state index in [9.17, 15) is 4.91 Å². The molecule has 1 aromatic carbocycles.